The third-order valence-electron chi connectivity index (χ3n) is 4.35. The molecule has 0 aliphatic carbocycles. The number of carbonyl (C=O) groups is 2. The molecule has 29 heavy (non-hydrogen) atoms. The Morgan fingerprint density at radius 3 is 2.52 bits per heavy atom. The Hall–Kier alpha value is -2.54. The van der Waals surface area contributed by atoms with Crippen molar-refractivity contribution in [1.29, 1.82) is 0 Å². The molecule has 5 nitrogen and oxygen atoms in total. The van der Waals surface area contributed by atoms with Crippen LogP contribution in [0, 0.1) is 0 Å². The Morgan fingerprint density at radius 2 is 1.83 bits per heavy atom. The molecule has 146 valence electrons. The number of nitrogens with zero attached hydrogens (tertiary/aromatic N) is 2. The maximum Gasteiger partial charge on any atom is 0.268 e. The number of hydrogen-bond acceptors (Lipinski definition) is 5. The molecule has 0 saturated carbocycles. The van der Waals surface area contributed by atoms with E-state index >= 15 is 0 Å². The lowest BCUT2D eigenvalue weighted by atomic mass is 10.1. The van der Waals surface area contributed by atoms with Crippen molar-refractivity contribution in [1.82, 2.24) is 9.88 Å². The molecule has 2 aromatic heterocycles. The predicted octanol–water partition coefficient (Wildman–Crippen LogP) is 5.19. The predicted molar refractivity (Wildman–Crippen MR) is 113 cm³/mol. The van der Waals surface area contributed by atoms with Crippen molar-refractivity contribution in [2.45, 2.75) is 12.3 Å². The van der Waals surface area contributed by atoms with Crippen LogP contribution in [0.15, 0.2) is 70.4 Å². The molecule has 0 saturated heterocycles. The summed E-state index contributed by atoms with van der Waals surface area (Å²) in [6, 6.07) is 12.0. The van der Waals surface area contributed by atoms with Crippen molar-refractivity contribution in [3.8, 4) is 0 Å². The first-order valence-electron chi connectivity index (χ1n) is 8.64. The van der Waals surface area contributed by atoms with E-state index in [0.717, 1.165) is 5.56 Å². The number of hydrogen-bond donors (Lipinski definition) is 0. The number of benzene rings is 1. The van der Waals surface area contributed by atoms with Gasteiger partial charge < -0.3 is 4.42 Å². The molecule has 3 aromatic rings. The second kappa shape index (κ2) is 8.45. The van der Waals surface area contributed by atoms with Crippen molar-refractivity contribution < 1.29 is 14.0 Å². The molecule has 2 amide bonds. The summed E-state index contributed by atoms with van der Waals surface area (Å²) in [5, 5.41) is 0.769. The summed E-state index contributed by atoms with van der Waals surface area (Å²) >= 11 is 13.6. The average Bonchev–Trinajstić information content (AvgIpc) is 3.30. The number of pyridine rings is 1. The number of rotatable bonds is 6. The number of carbonyl (C=O) groups excluding carboxylic acids is 2. The molecule has 0 atom stereocenters. The van der Waals surface area contributed by atoms with Crippen molar-refractivity contribution in [3.05, 3.63) is 93.0 Å². The Morgan fingerprint density at radius 1 is 1.03 bits per heavy atom. The molecule has 1 aromatic carbocycles. The molecule has 0 fully saturated rings. The van der Waals surface area contributed by atoms with Gasteiger partial charge in [-0.15, -0.1) is 11.8 Å². The van der Waals surface area contributed by atoms with Gasteiger partial charge in [0.25, 0.3) is 11.8 Å². The smallest absolute Gasteiger partial charge is 0.268 e. The van der Waals surface area contributed by atoms with Crippen molar-refractivity contribution in [2.75, 3.05) is 0 Å². The first kappa shape index (κ1) is 19.8. The lowest BCUT2D eigenvalue weighted by Gasteiger charge is -2.15. The number of furan rings is 1. The first-order valence-corrected chi connectivity index (χ1v) is 10.4. The highest BCUT2D eigenvalue weighted by molar-refractivity contribution is 8.03. The Balaban J connectivity index is 1.71. The lowest BCUT2D eigenvalue weighted by Crippen LogP contribution is -2.30. The van der Waals surface area contributed by atoms with Gasteiger partial charge in [-0.3, -0.25) is 19.5 Å². The van der Waals surface area contributed by atoms with Gasteiger partial charge >= 0.3 is 0 Å². The summed E-state index contributed by atoms with van der Waals surface area (Å²) in [5.41, 5.74) is 1.57. The number of thioether (sulfide) groups is 1. The lowest BCUT2D eigenvalue weighted by molar-refractivity contribution is -0.137. The van der Waals surface area contributed by atoms with Crippen LogP contribution in [0.5, 0.6) is 0 Å². The molecular formula is C21H14Cl2N2O3S. The molecule has 0 unspecified atom stereocenters. The van der Waals surface area contributed by atoms with Crippen LogP contribution in [0.2, 0.25) is 10.0 Å². The minimum atomic E-state index is -0.391. The molecular weight excluding hydrogens is 431 g/mol. The molecule has 4 rings (SSSR count). The summed E-state index contributed by atoms with van der Waals surface area (Å²) in [6.45, 7) is 0.152. The second-order valence-corrected chi connectivity index (χ2v) is 8.08. The highest BCUT2D eigenvalue weighted by Crippen LogP contribution is 2.40. The van der Waals surface area contributed by atoms with Crippen LogP contribution in [0.4, 0.5) is 0 Å². The van der Waals surface area contributed by atoms with E-state index in [1.807, 2.05) is 6.07 Å². The Bertz CT molecular complexity index is 1100. The second-order valence-electron chi connectivity index (χ2n) is 6.25. The van der Waals surface area contributed by atoms with Gasteiger partial charge in [0.15, 0.2) is 0 Å². The largest absolute Gasteiger partial charge is 0.468 e. The number of imide groups is 1. The molecule has 1 aliphatic rings. The summed E-state index contributed by atoms with van der Waals surface area (Å²) < 4.78 is 5.35. The van der Waals surface area contributed by atoms with E-state index in [1.165, 1.54) is 16.7 Å². The fraction of sp³-hybridized carbons (Fsp3) is 0.0952. The van der Waals surface area contributed by atoms with Gasteiger partial charge in [0.1, 0.15) is 5.76 Å². The molecule has 0 spiro atoms. The third kappa shape index (κ3) is 4.10. The van der Waals surface area contributed by atoms with Gasteiger partial charge in [-0.2, -0.15) is 0 Å². The highest BCUT2D eigenvalue weighted by Gasteiger charge is 2.40. The molecule has 8 heteroatoms. The highest BCUT2D eigenvalue weighted by atomic mass is 35.5. The van der Waals surface area contributed by atoms with Gasteiger partial charge in [-0.05, 0) is 42.0 Å². The van der Waals surface area contributed by atoms with Crippen LogP contribution in [0.3, 0.4) is 0 Å². The van der Waals surface area contributed by atoms with Crippen molar-refractivity contribution in [2.24, 2.45) is 0 Å². The van der Waals surface area contributed by atoms with Crippen LogP contribution in [-0.2, 0) is 21.9 Å². The van der Waals surface area contributed by atoms with Crippen LogP contribution in [0.1, 0.15) is 16.9 Å². The van der Waals surface area contributed by atoms with Crippen LogP contribution < -0.4 is 0 Å². The maximum atomic E-state index is 13.2. The fourth-order valence-corrected chi connectivity index (χ4v) is 4.50. The van der Waals surface area contributed by atoms with Gasteiger partial charge in [0.05, 0.1) is 34.1 Å². The molecule has 3 heterocycles. The van der Waals surface area contributed by atoms with E-state index in [4.69, 9.17) is 27.6 Å². The monoisotopic (exact) mass is 444 g/mol. The van der Waals surface area contributed by atoms with Crippen LogP contribution in [0.25, 0.3) is 5.57 Å². The summed E-state index contributed by atoms with van der Waals surface area (Å²) in [4.78, 5) is 31.9. The minimum absolute atomic E-state index is 0.152. The summed E-state index contributed by atoms with van der Waals surface area (Å²) in [6.07, 6.45) is 4.81. The van der Waals surface area contributed by atoms with Crippen molar-refractivity contribution >= 4 is 52.4 Å². The normalized spacial score (nSPS) is 14.2. The van der Waals surface area contributed by atoms with Crippen LogP contribution in [-0.4, -0.2) is 21.7 Å². The topological polar surface area (TPSA) is 63.4 Å². The molecule has 0 radical (unpaired) electrons. The van der Waals surface area contributed by atoms with E-state index < -0.39 is 5.91 Å². The van der Waals surface area contributed by atoms with Gasteiger partial charge in [-0.25, -0.2) is 0 Å². The third-order valence-corrected chi connectivity index (χ3v) is 6.00. The van der Waals surface area contributed by atoms with Gasteiger partial charge in [-0.1, -0.05) is 29.3 Å². The number of aromatic nitrogens is 1. The SMILES string of the molecule is O=C1C(SCc2ccco2)=C(c2ccc(Cl)cc2Cl)C(=O)N1Cc1ccncc1. The average molecular weight is 445 g/mol. The van der Waals surface area contributed by atoms with Crippen molar-refractivity contribution in [3.63, 3.8) is 0 Å². The van der Waals surface area contributed by atoms with E-state index in [0.29, 0.717) is 32.0 Å². The van der Waals surface area contributed by atoms with E-state index in [2.05, 4.69) is 4.98 Å². The molecule has 1 aliphatic heterocycles. The van der Waals surface area contributed by atoms with Gasteiger partial charge in [0, 0.05) is 23.0 Å². The summed E-state index contributed by atoms with van der Waals surface area (Å²) in [7, 11) is 0. The van der Waals surface area contributed by atoms with E-state index in [9.17, 15) is 9.59 Å². The Kier molecular flexibility index (Phi) is 5.76. The maximum absolute atomic E-state index is 13.2. The minimum Gasteiger partial charge on any atom is -0.468 e. The standard InChI is InChI=1S/C21H14Cl2N2O3S/c22-14-3-4-16(17(23)10-14)18-19(29-12-15-2-1-9-28-15)21(27)25(20(18)26)11-13-5-7-24-8-6-13/h1-10H,11-12H2. The zero-order chi connectivity index (χ0) is 20.4. The zero-order valence-electron chi connectivity index (χ0n) is 15.0. The van der Waals surface area contributed by atoms with Gasteiger partial charge in [0.2, 0.25) is 0 Å². The van der Waals surface area contributed by atoms with E-state index in [-0.39, 0.29) is 18.0 Å². The quantitative estimate of drug-likeness (QED) is 0.489. The molecule has 0 bridgehead atoms. The number of halogens is 2. The number of amides is 2. The Labute approximate surface area is 181 Å². The zero-order valence-corrected chi connectivity index (χ0v) is 17.3. The molecule has 0 N–H and O–H groups in total. The fourth-order valence-electron chi connectivity index (χ4n) is 2.97. The first-order chi connectivity index (χ1) is 14.0. The summed E-state index contributed by atoms with van der Waals surface area (Å²) in [5.74, 6) is 0.373. The van der Waals surface area contributed by atoms with E-state index in [1.54, 1.807) is 55.1 Å². The van der Waals surface area contributed by atoms with Crippen LogP contribution >= 0.6 is 35.0 Å².